The lowest BCUT2D eigenvalue weighted by atomic mass is 9.97. The number of nitrogens with one attached hydrogen (secondary N) is 2. The summed E-state index contributed by atoms with van der Waals surface area (Å²) in [5, 5.41) is 5.91. The highest BCUT2D eigenvalue weighted by Crippen LogP contribution is 2.22. The molecule has 41 heavy (non-hydrogen) atoms. The van der Waals surface area contributed by atoms with Crippen LogP contribution in [-0.2, 0) is 28.6 Å². The van der Waals surface area contributed by atoms with Crippen molar-refractivity contribution in [2.45, 2.75) is 72.1 Å². The van der Waals surface area contributed by atoms with Gasteiger partial charge in [-0.2, -0.15) is 0 Å². The molecule has 4 atom stereocenters. The van der Waals surface area contributed by atoms with E-state index in [1.54, 1.807) is 37.3 Å². The van der Waals surface area contributed by atoms with Gasteiger partial charge in [-0.3, -0.25) is 9.59 Å². The molecule has 226 valence electrons. The van der Waals surface area contributed by atoms with Crippen LogP contribution >= 0.6 is 11.6 Å². The molecule has 3 amide bonds. The maximum Gasteiger partial charge on any atom is 0.404 e. The van der Waals surface area contributed by atoms with Crippen LogP contribution in [0.5, 0.6) is 0 Å². The number of cyclic esters (lactones) is 1. The number of carbonyl (C=O) groups is 4. The van der Waals surface area contributed by atoms with Crippen LogP contribution in [0.25, 0.3) is 0 Å². The fourth-order valence-electron chi connectivity index (χ4n) is 3.80. The van der Waals surface area contributed by atoms with Crippen LogP contribution in [0.15, 0.2) is 71.2 Å². The number of primary amides is 1. The molecule has 1 aliphatic rings. The zero-order valence-electron chi connectivity index (χ0n) is 24.5. The van der Waals surface area contributed by atoms with E-state index in [0.29, 0.717) is 24.3 Å². The highest BCUT2D eigenvalue weighted by atomic mass is 35.5. The number of methoxy groups -OCH3 is 1. The second-order valence-electron chi connectivity index (χ2n) is 9.90. The number of amides is 3. The van der Waals surface area contributed by atoms with E-state index in [0.717, 1.165) is 5.57 Å². The molecule has 0 fully saturated rings. The van der Waals surface area contributed by atoms with Crippen LogP contribution < -0.4 is 16.4 Å². The van der Waals surface area contributed by atoms with E-state index in [1.165, 1.54) is 19.4 Å². The maximum absolute atomic E-state index is 12.7. The van der Waals surface area contributed by atoms with E-state index in [1.807, 2.05) is 39.8 Å². The highest BCUT2D eigenvalue weighted by molar-refractivity contribution is 6.29. The van der Waals surface area contributed by atoms with Gasteiger partial charge in [0.25, 0.3) is 0 Å². The summed E-state index contributed by atoms with van der Waals surface area (Å²) < 4.78 is 15.4. The molecule has 0 aromatic carbocycles. The van der Waals surface area contributed by atoms with Crippen LogP contribution in [0.2, 0.25) is 0 Å². The molecule has 4 N–H and O–H groups in total. The van der Waals surface area contributed by atoms with E-state index in [2.05, 4.69) is 10.6 Å². The first-order chi connectivity index (χ1) is 19.3. The Morgan fingerprint density at radius 2 is 1.85 bits per heavy atom. The lowest BCUT2D eigenvalue weighted by Crippen LogP contribution is -2.48. The standard InChI is InChI=1S/C30H42ClN3O7/c1-19(2)27(28(36)33-17-9-11-23(40-30(32)38)14-13-22(5)31)34-26(35)12-8-7-10-20(3)18-21(4)24-15-16-25(39-6)29(37)41-24/h7-10,12-13,16-19,21,23-24,27H,11,14-15H2,1-6H3,(H2,32,38)(H,33,36)(H,34,35)/b10-7-,12-8-,17-9-,20-18+,22-13+/t21-,23+,24-,27-/m0/s1. The fourth-order valence-corrected chi connectivity index (χ4v) is 3.89. The van der Waals surface area contributed by atoms with Gasteiger partial charge in [-0.15, -0.1) is 0 Å². The molecular weight excluding hydrogens is 550 g/mol. The number of esters is 1. The molecular formula is C30H42ClN3O7. The summed E-state index contributed by atoms with van der Waals surface area (Å²) in [5.74, 6) is -1.24. The second-order valence-corrected chi connectivity index (χ2v) is 10.5. The van der Waals surface area contributed by atoms with Crippen LogP contribution in [0.1, 0.15) is 53.9 Å². The molecule has 0 saturated heterocycles. The van der Waals surface area contributed by atoms with Crippen molar-refractivity contribution in [1.82, 2.24) is 10.6 Å². The lowest BCUT2D eigenvalue weighted by molar-refractivity contribution is -0.151. The number of nitrogens with two attached hydrogens (primary N) is 1. The second kappa shape index (κ2) is 18.5. The summed E-state index contributed by atoms with van der Waals surface area (Å²) in [6, 6.07) is -0.770. The quantitative estimate of drug-likeness (QED) is 0.142. The lowest BCUT2D eigenvalue weighted by Gasteiger charge is -2.25. The van der Waals surface area contributed by atoms with Crippen LogP contribution in [0.4, 0.5) is 4.79 Å². The molecule has 0 aromatic rings. The molecule has 0 radical (unpaired) electrons. The van der Waals surface area contributed by atoms with Gasteiger partial charge >= 0.3 is 12.1 Å². The molecule has 1 rings (SSSR count). The smallest absolute Gasteiger partial charge is 0.404 e. The number of hydrogen-bond donors (Lipinski definition) is 3. The summed E-state index contributed by atoms with van der Waals surface area (Å²) in [5.41, 5.74) is 6.04. The van der Waals surface area contributed by atoms with Crippen LogP contribution in [0, 0.1) is 11.8 Å². The number of hydrogen-bond acceptors (Lipinski definition) is 7. The van der Waals surface area contributed by atoms with Crippen molar-refractivity contribution < 1.29 is 33.4 Å². The molecule has 0 spiro atoms. The van der Waals surface area contributed by atoms with Gasteiger partial charge in [0.1, 0.15) is 18.2 Å². The van der Waals surface area contributed by atoms with Gasteiger partial charge in [0.15, 0.2) is 5.76 Å². The first-order valence-electron chi connectivity index (χ1n) is 13.4. The monoisotopic (exact) mass is 591 g/mol. The normalized spacial score (nSPS) is 18.7. The van der Waals surface area contributed by atoms with Gasteiger partial charge in [-0.1, -0.05) is 74.4 Å². The van der Waals surface area contributed by atoms with Gasteiger partial charge < -0.3 is 30.6 Å². The molecule has 0 bridgehead atoms. The Kier molecular flexibility index (Phi) is 15.9. The molecule has 0 unspecified atom stereocenters. The highest BCUT2D eigenvalue weighted by Gasteiger charge is 2.27. The molecule has 0 aliphatic carbocycles. The number of allylic oxidation sites excluding steroid dienone is 5. The summed E-state index contributed by atoms with van der Waals surface area (Å²) in [6.07, 6.45) is 14.5. The van der Waals surface area contributed by atoms with Gasteiger partial charge in [-0.25, -0.2) is 9.59 Å². The van der Waals surface area contributed by atoms with Crippen molar-refractivity contribution in [3.05, 3.63) is 71.2 Å². The largest absolute Gasteiger partial charge is 0.490 e. The van der Waals surface area contributed by atoms with E-state index in [-0.39, 0.29) is 29.6 Å². The summed E-state index contributed by atoms with van der Waals surface area (Å²) in [4.78, 5) is 48.1. The number of ether oxygens (including phenoxy) is 3. The van der Waals surface area contributed by atoms with Crippen LogP contribution in [-0.4, -0.2) is 49.2 Å². The first kappa shape index (κ1) is 35.2. The Labute approximate surface area is 247 Å². The summed E-state index contributed by atoms with van der Waals surface area (Å²) in [7, 11) is 1.43. The zero-order valence-corrected chi connectivity index (χ0v) is 25.3. The number of halogens is 1. The molecule has 1 aliphatic heterocycles. The predicted molar refractivity (Wildman–Crippen MR) is 158 cm³/mol. The van der Waals surface area contributed by atoms with Gasteiger partial charge in [0.05, 0.1) is 7.11 Å². The molecule has 0 saturated carbocycles. The zero-order chi connectivity index (χ0) is 30.9. The Morgan fingerprint density at radius 1 is 1.17 bits per heavy atom. The van der Waals surface area contributed by atoms with Crippen molar-refractivity contribution in [1.29, 1.82) is 0 Å². The van der Waals surface area contributed by atoms with Crippen molar-refractivity contribution in [2.75, 3.05) is 7.11 Å². The average molecular weight is 592 g/mol. The van der Waals surface area contributed by atoms with Crippen molar-refractivity contribution >= 4 is 35.5 Å². The topological polar surface area (TPSA) is 146 Å². The number of carbonyl (C=O) groups excluding carboxylic acids is 4. The molecule has 1 heterocycles. The minimum absolute atomic E-state index is 0.0156. The summed E-state index contributed by atoms with van der Waals surface area (Å²) in [6.45, 7) is 9.22. The number of rotatable bonds is 15. The van der Waals surface area contributed by atoms with Gasteiger partial charge in [-0.05, 0) is 32.0 Å². The molecule has 0 aromatic heterocycles. The Bertz CT molecular complexity index is 1100. The van der Waals surface area contributed by atoms with E-state index < -0.39 is 30.1 Å². The third-order valence-corrected chi connectivity index (χ3v) is 6.13. The third kappa shape index (κ3) is 14.4. The Balaban J connectivity index is 2.63. The van der Waals surface area contributed by atoms with Crippen molar-refractivity contribution in [2.24, 2.45) is 17.6 Å². The van der Waals surface area contributed by atoms with E-state index in [9.17, 15) is 19.2 Å². The summed E-state index contributed by atoms with van der Waals surface area (Å²) >= 11 is 5.83. The van der Waals surface area contributed by atoms with Crippen molar-refractivity contribution in [3.8, 4) is 0 Å². The minimum Gasteiger partial charge on any atom is -0.490 e. The van der Waals surface area contributed by atoms with E-state index in [4.69, 9.17) is 31.5 Å². The third-order valence-electron chi connectivity index (χ3n) is 5.98. The Hall–Kier alpha value is -3.79. The SMILES string of the molecule is COC1=CC[C@@H]([C@@H](C)/C=C(C)/C=C\C=C/C(=O)N[C@H](C(=O)N/C=C\C[C@H](C/C=C(\C)Cl)OC(N)=O)C(C)C)OC1=O. The maximum atomic E-state index is 12.7. The molecule has 11 heteroatoms. The van der Waals surface area contributed by atoms with E-state index >= 15 is 0 Å². The first-order valence-corrected chi connectivity index (χ1v) is 13.7. The minimum atomic E-state index is -0.898. The van der Waals surface area contributed by atoms with Crippen molar-refractivity contribution in [3.63, 3.8) is 0 Å². The molecule has 10 nitrogen and oxygen atoms in total. The van der Waals surface area contributed by atoms with Gasteiger partial charge in [0, 0.05) is 36.3 Å². The van der Waals surface area contributed by atoms with Gasteiger partial charge in [0.2, 0.25) is 11.8 Å². The van der Waals surface area contributed by atoms with Crippen LogP contribution in [0.3, 0.4) is 0 Å². The Morgan fingerprint density at radius 3 is 2.44 bits per heavy atom. The average Bonchev–Trinajstić information content (AvgIpc) is 2.89. The predicted octanol–water partition coefficient (Wildman–Crippen LogP) is 4.68. The fraction of sp³-hybridized carbons (Fsp3) is 0.467.